The van der Waals surface area contributed by atoms with Gasteiger partial charge in [0.15, 0.2) is 4.96 Å². The lowest BCUT2D eigenvalue weighted by Gasteiger charge is -2.05. The minimum absolute atomic E-state index is 0.0589. The summed E-state index contributed by atoms with van der Waals surface area (Å²) in [6.45, 7) is 4.91. The molecule has 6 nitrogen and oxygen atoms in total. The van der Waals surface area contributed by atoms with Gasteiger partial charge in [-0.25, -0.2) is 18.5 Å². The van der Waals surface area contributed by atoms with E-state index in [2.05, 4.69) is 20.1 Å². The van der Waals surface area contributed by atoms with Crippen molar-refractivity contribution in [3.05, 3.63) is 22.5 Å². The molecule has 0 aliphatic rings. The third-order valence-corrected chi connectivity index (χ3v) is 4.40. The highest BCUT2D eigenvalue weighted by Gasteiger charge is 2.11. The summed E-state index contributed by atoms with van der Waals surface area (Å²) in [6, 6.07) is 0. The maximum Gasteiger partial charge on any atom is 0.210 e. The van der Waals surface area contributed by atoms with Crippen LogP contribution in [0.25, 0.3) is 4.96 Å². The van der Waals surface area contributed by atoms with Gasteiger partial charge in [-0.2, -0.15) is 0 Å². The molecule has 0 bridgehead atoms. The maximum atomic E-state index is 10.8. The quantitative estimate of drug-likeness (QED) is 0.779. The van der Waals surface area contributed by atoms with Crippen molar-refractivity contribution in [1.82, 2.24) is 14.7 Å². The van der Waals surface area contributed by atoms with Crippen molar-refractivity contribution in [3.63, 3.8) is 0 Å². The van der Waals surface area contributed by atoms with Crippen molar-refractivity contribution in [2.75, 3.05) is 12.3 Å². The lowest BCUT2D eigenvalue weighted by atomic mass is 10.3. The van der Waals surface area contributed by atoms with Gasteiger partial charge in [-0.05, 0) is 13.8 Å². The largest absolute Gasteiger partial charge is 0.310 e. The highest BCUT2D eigenvalue weighted by Crippen LogP contribution is 2.20. The van der Waals surface area contributed by atoms with Crippen molar-refractivity contribution in [2.24, 2.45) is 5.14 Å². The van der Waals surface area contributed by atoms with Crippen molar-refractivity contribution >= 4 is 26.3 Å². The topological polar surface area (TPSA) is 89.5 Å². The predicted octanol–water partition coefficient (Wildman–Crippen LogP) is 0.391. The first-order valence-corrected chi connectivity index (χ1v) is 8.11. The van der Waals surface area contributed by atoms with Crippen LogP contribution in [0.1, 0.15) is 17.1 Å². The van der Waals surface area contributed by atoms with Crippen molar-refractivity contribution in [1.29, 1.82) is 0 Å². The van der Waals surface area contributed by atoms with E-state index >= 15 is 0 Å². The first-order chi connectivity index (χ1) is 8.38. The van der Waals surface area contributed by atoms with Crippen molar-refractivity contribution in [2.45, 2.75) is 20.4 Å². The van der Waals surface area contributed by atoms with Crippen LogP contribution in [-0.4, -0.2) is 30.1 Å². The minimum Gasteiger partial charge on any atom is -0.310 e. The highest BCUT2D eigenvalue weighted by atomic mass is 32.2. The summed E-state index contributed by atoms with van der Waals surface area (Å²) in [5.41, 5.74) is 3.17. The third-order valence-electron chi connectivity index (χ3n) is 2.69. The molecule has 0 atom stereocenters. The lowest BCUT2D eigenvalue weighted by molar-refractivity contribution is 0.591. The molecule has 2 heterocycles. The Balaban J connectivity index is 2.07. The first kappa shape index (κ1) is 13.5. The number of thiazole rings is 1. The Bertz CT molecular complexity index is 657. The maximum absolute atomic E-state index is 10.8. The molecule has 8 heteroatoms. The number of hydrogen-bond acceptors (Lipinski definition) is 5. The van der Waals surface area contributed by atoms with Crippen LogP contribution in [0.4, 0.5) is 0 Å². The average molecular weight is 288 g/mol. The van der Waals surface area contributed by atoms with E-state index < -0.39 is 10.0 Å². The molecule has 0 saturated carbocycles. The molecule has 0 saturated heterocycles. The molecule has 18 heavy (non-hydrogen) atoms. The number of fused-ring (bicyclic) bond motifs is 1. The molecule has 0 radical (unpaired) electrons. The van der Waals surface area contributed by atoms with E-state index in [9.17, 15) is 8.42 Å². The Morgan fingerprint density at radius 3 is 2.89 bits per heavy atom. The molecule has 0 aliphatic heterocycles. The summed E-state index contributed by atoms with van der Waals surface area (Å²) in [4.78, 5) is 5.43. The molecule has 2 aromatic rings. The van der Waals surface area contributed by atoms with E-state index in [-0.39, 0.29) is 5.75 Å². The zero-order valence-electron chi connectivity index (χ0n) is 10.3. The fourth-order valence-electron chi connectivity index (χ4n) is 1.80. The predicted molar refractivity (Wildman–Crippen MR) is 72.2 cm³/mol. The molecule has 2 aromatic heterocycles. The second kappa shape index (κ2) is 4.96. The number of sulfonamides is 1. The monoisotopic (exact) mass is 288 g/mol. The number of aryl methyl sites for hydroxylation is 2. The molecule has 3 N–H and O–H groups in total. The van der Waals surface area contributed by atoms with Gasteiger partial charge in [-0.3, -0.25) is 4.40 Å². The van der Waals surface area contributed by atoms with Crippen LogP contribution in [0.2, 0.25) is 0 Å². The summed E-state index contributed by atoms with van der Waals surface area (Å²) in [5.74, 6) is -0.0589. The number of nitrogens with one attached hydrogen (secondary N) is 1. The van der Waals surface area contributed by atoms with Crippen LogP contribution in [0.3, 0.4) is 0 Å². The summed E-state index contributed by atoms with van der Waals surface area (Å²) in [7, 11) is -3.40. The zero-order chi connectivity index (χ0) is 13.3. The fourth-order valence-corrected chi connectivity index (χ4v) is 3.16. The summed E-state index contributed by atoms with van der Waals surface area (Å²) in [6.07, 6.45) is 0. The van der Waals surface area contributed by atoms with Crippen molar-refractivity contribution < 1.29 is 8.42 Å². The number of rotatable bonds is 5. The van der Waals surface area contributed by atoms with E-state index in [4.69, 9.17) is 5.14 Å². The van der Waals surface area contributed by atoms with Gasteiger partial charge in [0.05, 0.1) is 17.1 Å². The Morgan fingerprint density at radius 1 is 1.50 bits per heavy atom. The van der Waals surface area contributed by atoms with Gasteiger partial charge in [0, 0.05) is 24.2 Å². The van der Waals surface area contributed by atoms with Gasteiger partial charge in [-0.1, -0.05) is 0 Å². The number of imidazole rings is 1. The third kappa shape index (κ3) is 2.89. The Hall–Kier alpha value is -0.960. The molecule has 0 unspecified atom stereocenters. The molecule has 0 aromatic carbocycles. The average Bonchev–Trinajstić information content (AvgIpc) is 2.74. The minimum atomic E-state index is -3.40. The fraction of sp³-hybridized carbons (Fsp3) is 0.500. The van der Waals surface area contributed by atoms with E-state index in [0.29, 0.717) is 13.1 Å². The van der Waals surface area contributed by atoms with Crippen LogP contribution < -0.4 is 10.5 Å². The van der Waals surface area contributed by atoms with Crippen molar-refractivity contribution in [3.8, 4) is 0 Å². The van der Waals surface area contributed by atoms with Gasteiger partial charge in [-0.15, -0.1) is 11.3 Å². The second-order valence-electron chi connectivity index (χ2n) is 4.18. The lowest BCUT2D eigenvalue weighted by Crippen LogP contribution is -2.27. The first-order valence-electron chi connectivity index (χ1n) is 5.51. The number of primary sulfonamides is 1. The molecule has 0 aliphatic carbocycles. The molecule has 0 fully saturated rings. The molecular weight excluding hydrogens is 272 g/mol. The standard InChI is InChI=1S/C10H16N4O2S2/c1-7-6-17-10-13-8(2)9(14(7)10)5-12-3-4-18(11,15)16/h6,12H,3-5H2,1-2H3,(H2,11,15,16). The van der Waals surface area contributed by atoms with Gasteiger partial charge in [0.2, 0.25) is 10.0 Å². The molecule has 100 valence electrons. The highest BCUT2D eigenvalue weighted by molar-refractivity contribution is 7.89. The second-order valence-corrected chi connectivity index (χ2v) is 6.75. The number of aromatic nitrogens is 2. The molecule has 2 rings (SSSR count). The van der Waals surface area contributed by atoms with Crippen LogP contribution in [0, 0.1) is 13.8 Å². The number of nitrogens with zero attached hydrogens (tertiary/aromatic N) is 2. The smallest absolute Gasteiger partial charge is 0.210 e. The van der Waals surface area contributed by atoms with E-state index in [1.54, 1.807) is 11.3 Å². The molecule has 0 amide bonds. The SMILES string of the molecule is Cc1nc2scc(C)n2c1CNCCS(N)(=O)=O. The summed E-state index contributed by atoms with van der Waals surface area (Å²) < 4.78 is 23.7. The Labute approximate surface area is 110 Å². The Kier molecular flexibility index (Phi) is 3.71. The molecule has 0 spiro atoms. The van der Waals surface area contributed by atoms with E-state index in [0.717, 1.165) is 22.0 Å². The van der Waals surface area contributed by atoms with Gasteiger partial charge in [0.1, 0.15) is 0 Å². The number of nitrogens with two attached hydrogens (primary N) is 1. The van der Waals surface area contributed by atoms with Crippen LogP contribution >= 0.6 is 11.3 Å². The summed E-state index contributed by atoms with van der Waals surface area (Å²) in [5, 5.41) is 10.1. The summed E-state index contributed by atoms with van der Waals surface area (Å²) >= 11 is 1.60. The van der Waals surface area contributed by atoms with Crippen LogP contribution in [0.15, 0.2) is 5.38 Å². The van der Waals surface area contributed by atoms with Crippen LogP contribution in [-0.2, 0) is 16.6 Å². The van der Waals surface area contributed by atoms with Crippen LogP contribution in [0.5, 0.6) is 0 Å². The normalized spacial score (nSPS) is 12.4. The van der Waals surface area contributed by atoms with Gasteiger partial charge < -0.3 is 5.32 Å². The Morgan fingerprint density at radius 2 is 2.22 bits per heavy atom. The van der Waals surface area contributed by atoms with E-state index in [1.165, 1.54) is 0 Å². The van der Waals surface area contributed by atoms with Gasteiger partial charge in [0.25, 0.3) is 0 Å². The zero-order valence-corrected chi connectivity index (χ0v) is 11.9. The molecular formula is C10H16N4O2S2. The van der Waals surface area contributed by atoms with Gasteiger partial charge >= 0.3 is 0 Å². The van der Waals surface area contributed by atoms with E-state index in [1.807, 2.05) is 13.8 Å². The number of hydrogen-bond donors (Lipinski definition) is 2.